The molecule has 128 valence electrons. The van der Waals surface area contributed by atoms with E-state index < -0.39 is 10.0 Å². The van der Waals surface area contributed by atoms with Gasteiger partial charge in [-0.25, -0.2) is 13.1 Å². The van der Waals surface area contributed by atoms with E-state index >= 15 is 0 Å². The van der Waals surface area contributed by atoms with Gasteiger partial charge in [-0.1, -0.05) is 12.1 Å². The fourth-order valence-corrected chi connectivity index (χ4v) is 3.77. The lowest BCUT2D eigenvalue weighted by Crippen LogP contribution is -2.40. The van der Waals surface area contributed by atoms with Gasteiger partial charge in [-0.3, -0.25) is 4.90 Å². The van der Waals surface area contributed by atoms with Crippen molar-refractivity contribution in [2.45, 2.75) is 19.4 Å². The Bertz CT molecular complexity index is 647. The van der Waals surface area contributed by atoms with Crippen molar-refractivity contribution in [3.05, 3.63) is 23.8 Å². The highest BCUT2D eigenvalue weighted by molar-refractivity contribution is 7.88. The molecule has 0 unspecified atom stereocenters. The number of fused-ring (bicyclic) bond motifs is 1. The summed E-state index contributed by atoms with van der Waals surface area (Å²) in [5.41, 5.74) is 1.14. The Hall–Kier alpha value is -1.31. The van der Waals surface area contributed by atoms with Crippen LogP contribution in [0.25, 0.3) is 0 Å². The molecule has 23 heavy (non-hydrogen) atoms. The van der Waals surface area contributed by atoms with Crippen LogP contribution in [-0.2, 0) is 16.6 Å². The quantitative estimate of drug-likeness (QED) is 0.873. The van der Waals surface area contributed by atoms with Crippen LogP contribution in [0, 0.1) is 5.92 Å². The predicted molar refractivity (Wildman–Crippen MR) is 88.3 cm³/mol. The van der Waals surface area contributed by atoms with Crippen molar-refractivity contribution in [3.8, 4) is 11.5 Å². The fraction of sp³-hybridized carbons (Fsp3) is 0.625. The highest BCUT2D eigenvalue weighted by Gasteiger charge is 2.23. The molecule has 1 aromatic rings. The Morgan fingerprint density at radius 2 is 2.13 bits per heavy atom. The number of benzene rings is 1. The van der Waals surface area contributed by atoms with E-state index in [1.165, 1.54) is 6.26 Å². The second kappa shape index (κ2) is 7.07. The minimum absolute atomic E-state index is 0.357. The second-order valence-electron chi connectivity index (χ2n) is 6.31. The molecule has 2 aliphatic rings. The number of para-hydroxylation sites is 1. The first kappa shape index (κ1) is 16.5. The summed E-state index contributed by atoms with van der Waals surface area (Å²) in [5.74, 6) is 2.03. The van der Waals surface area contributed by atoms with Gasteiger partial charge in [0.1, 0.15) is 13.2 Å². The van der Waals surface area contributed by atoms with Crippen LogP contribution >= 0.6 is 0 Å². The maximum Gasteiger partial charge on any atom is 0.208 e. The Labute approximate surface area is 137 Å². The third-order valence-electron chi connectivity index (χ3n) is 4.28. The van der Waals surface area contributed by atoms with Gasteiger partial charge >= 0.3 is 0 Å². The van der Waals surface area contributed by atoms with Crippen molar-refractivity contribution in [2.75, 3.05) is 39.1 Å². The van der Waals surface area contributed by atoms with Gasteiger partial charge in [0.05, 0.1) is 6.26 Å². The van der Waals surface area contributed by atoms with Crippen molar-refractivity contribution in [2.24, 2.45) is 5.92 Å². The molecule has 0 aromatic heterocycles. The number of piperidine rings is 1. The lowest BCUT2D eigenvalue weighted by molar-refractivity contribution is 0.152. The molecule has 0 bridgehead atoms. The summed E-state index contributed by atoms with van der Waals surface area (Å²) in [7, 11) is -3.12. The van der Waals surface area contributed by atoms with Gasteiger partial charge in [0, 0.05) is 25.2 Å². The zero-order valence-corrected chi connectivity index (χ0v) is 14.3. The Morgan fingerprint density at radius 1 is 1.30 bits per heavy atom. The average Bonchev–Trinajstić information content (AvgIpc) is 2.53. The third-order valence-corrected chi connectivity index (χ3v) is 4.97. The molecule has 6 nitrogen and oxygen atoms in total. The van der Waals surface area contributed by atoms with Gasteiger partial charge in [0.15, 0.2) is 11.5 Å². The molecule has 0 spiro atoms. The van der Waals surface area contributed by atoms with E-state index in [0.717, 1.165) is 49.5 Å². The summed E-state index contributed by atoms with van der Waals surface area (Å²) >= 11 is 0. The predicted octanol–water partition coefficient (Wildman–Crippen LogP) is 1.22. The van der Waals surface area contributed by atoms with Gasteiger partial charge < -0.3 is 9.47 Å². The number of ether oxygens (including phenoxy) is 2. The number of rotatable bonds is 5. The first-order valence-electron chi connectivity index (χ1n) is 8.06. The third kappa shape index (κ3) is 4.59. The van der Waals surface area contributed by atoms with E-state index in [1.54, 1.807) is 0 Å². The maximum atomic E-state index is 11.3. The molecule has 1 fully saturated rings. The first-order valence-corrected chi connectivity index (χ1v) is 9.95. The molecule has 1 aromatic carbocycles. The number of likely N-dealkylation sites (tertiary alicyclic amines) is 1. The van der Waals surface area contributed by atoms with Crippen LogP contribution in [-0.4, -0.2) is 52.4 Å². The molecule has 1 saturated heterocycles. The van der Waals surface area contributed by atoms with Crippen LogP contribution in [0.3, 0.4) is 0 Å². The average molecular weight is 340 g/mol. The summed E-state index contributed by atoms with van der Waals surface area (Å²) < 4.78 is 36.5. The van der Waals surface area contributed by atoms with Crippen LogP contribution in [0.5, 0.6) is 11.5 Å². The Morgan fingerprint density at radius 3 is 2.96 bits per heavy atom. The monoisotopic (exact) mass is 340 g/mol. The summed E-state index contributed by atoms with van der Waals surface area (Å²) in [5, 5.41) is 0. The van der Waals surface area contributed by atoms with E-state index in [-0.39, 0.29) is 0 Å². The van der Waals surface area contributed by atoms with Crippen molar-refractivity contribution in [1.29, 1.82) is 0 Å². The largest absolute Gasteiger partial charge is 0.486 e. The summed E-state index contributed by atoms with van der Waals surface area (Å²) in [6, 6.07) is 6.01. The van der Waals surface area contributed by atoms with Crippen LogP contribution in [0.1, 0.15) is 18.4 Å². The van der Waals surface area contributed by atoms with E-state index in [9.17, 15) is 8.42 Å². The summed E-state index contributed by atoms with van der Waals surface area (Å²) in [6.07, 6.45) is 3.36. The van der Waals surface area contributed by atoms with Crippen LogP contribution in [0.2, 0.25) is 0 Å². The molecule has 1 N–H and O–H groups in total. The highest BCUT2D eigenvalue weighted by Crippen LogP contribution is 2.34. The van der Waals surface area contributed by atoms with E-state index in [1.807, 2.05) is 12.1 Å². The zero-order chi connectivity index (χ0) is 16.3. The molecule has 0 aliphatic carbocycles. The Balaban J connectivity index is 1.62. The summed E-state index contributed by atoms with van der Waals surface area (Å²) in [6.45, 7) is 4.43. The number of sulfonamides is 1. The van der Waals surface area contributed by atoms with E-state index in [4.69, 9.17) is 9.47 Å². The number of nitrogens with one attached hydrogen (secondary N) is 1. The van der Waals surface area contributed by atoms with Crippen LogP contribution in [0.4, 0.5) is 0 Å². The lowest BCUT2D eigenvalue weighted by Gasteiger charge is -2.33. The molecule has 2 aliphatic heterocycles. The van der Waals surface area contributed by atoms with E-state index in [0.29, 0.717) is 25.7 Å². The van der Waals surface area contributed by atoms with Gasteiger partial charge in [-0.05, 0) is 31.4 Å². The van der Waals surface area contributed by atoms with Crippen molar-refractivity contribution in [1.82, 2.24) is 9.62 Å². The first-order chi connectivity index (χ1) is 11.0. The van der Waals surface area contributed by atoms with Gasteiger partial charge in [0.25, 0.3) is 0 Å². The van der Waals surface area contributed by atoms with Gasteiger partial charge in [-0.2, -0.15) is 0 Å². The molecule has 2 heterocycles. The topological polar surface area (TPSA) is 67.9 Å². The second-order valence-corrected chi connectivity index (χ2v) is 8.14. The smallest absolute Gasteiger partial charge is 0.208 e. The number of hydrogen-bond donors (Lipinski definition) is 1. The fourth-order valence-electron chi connectivity index (χ4n) is 3.23. The molecule has 3 rings (SSSR count). The molecule has 0 saturated carbocycles. The molecule has 1 atom stereocenters. The molecular weight excluding hydrogens is 316 g/mol. The van der Waals surface area contributed by atoms with Crippen molar-refractivity contribution >= 4 is 10.0 Å². The minimum atomic E-state index is -3.12. The minimum Gasteiger partial charge on any atom is -0.486 e. The maximum absolute atomic E-state index is 11.3. The standard InChI is InChI=1S/C16H24N2O4S/c1-23(19,20)17-10-13-4-3-7-18(11-13)12-14-5-2-6-15-16(14)22-9-8-21-15/h2,5-6,13,17H,3-4,7-12H2,1H3/t13-/m0/s1. The van der Waals surface area contributed by atoms with E-state index in [2.05, 4.69) is 15.7 Å². The molecule has 7 heteroatoms. The van der Waals surface area contributed by atoms with Crippen LogP contribution < -0.4 is 14.2 Å². The SMILES string of the molecule is CS(=O)(=O)NC[C@@H]1CCCN(Cc2cccc3c2OCCO3)C1. The highest BCUT2D eigenvalue weighted by atomic mass is 32.2. The normalized spacial score (nSPS) is 22.0. The van der Waals surface area contributed by atoms with Crippen LogP contribution in [0.15, 0.2) is 18.2 Å². The number of hydrogen-bond acceptors (Lipinski definition) is 5. The number of nitrogens with zero attached hydrogens (tertiary/aromatic N) is 1. The molecule has 0 amide bonds. The Kier molecular flexibility index (Phi) is 5.08. The zero-order valence-electron chi connectivity index (χ0n) is 13.5. The summed E-state index contributed by atoms with van der Waals surface area (Å²) in [4.78, 5) is 2.37. The molecular formula is C16H24N2O4S. The van der Waals surface area contributed by atoms with Crippen molar-refractivity contribution in [3.63, 3.8) is 0 Å². The van der Waals surface area contributed by atoms with Gasteiger partial charge in [-0.15, -0.1) is 0 Å². The molecule has 0 radical (unpaired) electrons. The van der Waals surface area contributed by atoms with Gasteiger partial charge in [0.2, 0.25) is 10.0 Å². The van der Waals surface area contributed by atoms with Crippen molar-refractivity contribution < 1.29 is 17.9 Å². The lowest BCUT2D eigenvalue weighted by atomic mass is 9.97.